The van der Waals surface area contributed by atoms with Gasteiger partial charge in [0.15, 0.2) is 9.84 Å². The Hall–Kier alpha value is -0.910. The molecule has 0 unspecified atom stereocenters. The smallest absolute Gasteiger partial charge is 0.179 e. The first-order valence-electron chi connectivity index (χ1n) is 5.70. The second-order valence-electron chi connectivity index (χ2n) is 4.06. The number of nitrogens with two attached hydrogens (primary N) is 1. The topological polar surface area (TPSA) is 63.4 Å². The van der Waals surface area contributed by atoms with Crippen molar-refractivity contribution < 1.29 is 8.42 Å². The molecule has 4 nitrogen and oxygen atoms in total. The van der Waals surface area contributed by atoms with Crippen LogP contribution in [0.1, 0.15) is 12.5 Å². The molecular formula is C12H20N2O2S. The van der Waals surface area contributed by atoms with Gasteiger partial charge < -0.3 is 10.6 Å². The summed E-state index contributed by atoms with van der Waals surface area (Å²) < 4.78 is 24.0. The fraction of sp³-hybridized carbons (Fsp3) is 0.500. The summed E-state index contributed by atoms with van der Waals surface area (Å²) in [4.78, 5) is 2.35. The molecular weight excluding hydrogens is 236 g/mol. The average molecular weight is 256 g/mol. The molecule has 1 aromatic rings. The van der Waals surface area contributed by atoms with Gasteiger partial charge in [-0.3, -0.25) is 0 Å². The maximum Gasteiger partial charge on any atom is 0.179 e. The molecule has 0 saturated carbocycles. The first-order chi connectivity index (χ1) is 7.99. The van der Waals surface area contributed by atoms with Crippen molar-refractivity contribution in [1.82, 2.24) is 4.90 Å². The minimum Gasteiger partial charge on any atom is -0.326 e. The Labute approximate surface area is 103 Å². The molecule has 0 amide bonds. The van der Waals surface area contributed by atoms with Crippen molar-refractivity contribution in [3.8, 4) is 0 Å². The van der Waals surface area contributed by atoms with Crippen molar-refractivity contribution in [3.63, 3.8) is 0 Å². The van der Waals surface area contributed by atoms with Crippen molar-refractivity contribution >= 4 is 9.84 Å². The van der Waals surface area contributed by atoms with Gasteiger partial charge in [0, 0.05) is 13.1 Å². The largest absolute Gasteiger partial charge is 0.326 e. The highest BCUT2D eigenvalue weighted by atomic mass is 32.2. The Morgan fingerprint density at radius 3 is 2.29 bits per heavy atom. The molecule has 1 aromatic carbocycles. The highest BCUT2D eigenvalue weighted by molar-refractivity contribution is 7.91. The van der Waals surface area contributed by atoms with E-state index in [2.05, 4.69) is 0 Å². The fourth-order valence-corrected chi connectivity index (χ4v) is 2.72. The van der Waals surface area contributed by atoms with Gasteiger partial charge in [-0.15, -0.1) is 0 Å². The maximum atomic E-state index is 12.0. The summed E-state index contributed by atoms with van der Waals surface area (Å²) >= 11 is 0. The zero-order valence-electron chi connectivity index (χ0n) is 10.4. The molecule has 96 valence electrons. The van der Waals surface area contributed by atoms with Crippen LogP contribution in [0.3, 0.4) is 0 Å². The van der Waals surface area contributed by atoms with Crippen molar-refractivity contribution in [2.24, 2.45) is 5.73 Å². The van der Waals surface area contributed by atoms with Crippen LogP contribution in [-0.4, -0.2) is 39.2 Å². The number of sulfone groups is 1. The Kier molecular flexibility index (Phi) is 5.11. The zero-order chi connectivity index (χ0) is 12.9. The van der Waals surface area contributed by atoms with Gasteiger partial charge in [0.1, 0.15) is 0 Å². The van der Waals surface area contributed by atoms with Crippen LogP contribution in [0.25, 0.3) is 0 Å². The fourth-order valence-electron chi connectivity index (χ4n) is 1.38. The number of nitrogens with zero attached hydrogens (tertiary/aromatic N) is 1. The van der Waals surface area contributed by atoms with Gasteiger partial charge in [0.2, 0.25) is 0 Å². The monoisotopic (exact) mass is 256 g/mol. The van der Waals surface area contributed by atoms with Crippen LogP contribution in [-0.2, 0) is 16.4 Å². The number of benzene rings is 1. The highest BCUT2D eigenvalue weighted by Crippen LogP contribution is 2.12. The third-order valence-electron chi connectivity index (χ3n) is 2.80. The zero-order valence-corrected chi connectivity index (χ0v) is 11.2. The highest BCUT2D eigenvalue weighted by Gasteiger charge is 2.14. The van der Waals surface area contributed by atoms with Crippen LogP contribution in [0.15, 0.2) is 29.2 Å². The average Bonchev–Trinajstić information content (AvgIpc) is 2.36. The third kappa shape index (κ3) is 4.11. The second kappa shape index (κ2) is 6.14. The summed E-state index contributed by atoms with van der Waals surface area (Å²) in [5.74, 6) is 0.152. The predicted molar refractivity (Wildman–Crippen MR) is 69.6 cm³/mol. The second-order valence-corrected chi connectivity index (χ2v) is 6.17. The lowest BCUT2D eigenvalue weighted by Gasteiger charge is -2.13. The Morgan fingerprint density at radius 1 is 1.24 bits per heavy atom. The van der Waals surface area contributed by atoms with E-state index in [-0.39, 0.29) is 5.75 Å². The number of hydrogen-bond donors (Lipinski definition) is 1. The Bertz CT molecular complexity index is 440. The van der Waals surface area contributed by atoms with Gasteiger partial charge in [-0.25, -0.2) is 8.42 Å². The number of rotatable bonds is 6. The molecule has 0 fully saturated rings. The molecule has 0 saturated heterocycles. The van der Waals surface area contributed by atoms with E-state index in [4.69, 9.17) is 5.73 Å². The van der Waals surface area contributed by atoms with Gasteiger partial charge >= 0.3 is 0 Å². The van der Waals surface area contributed by atoms with Gasteiger partial charge in [0.05, 0.1) is 10.6 Å². The van der Waals surface area contributed by atoms with E-state index in [9.17, 15) is 8.42 Å². The lowest BCUT2D eigenvalue weighted by Crippen LogP contribution is -2.25. The molecule has 1 rings (SSSR count). The Balaban J connectivity index is 2.75. The van der Waals surface area contributed by atoms with Gasteiger partial charge in [-0.1, -0.05) is 19.1 Å². The molecule has 0 aliphatic carbocycles. The first kappa shape index (κ1) is 14.2. The SMILES string of the molecule is CCN(C)CCS(=O)(=O)c1ccc(CN)cc1. The van der Waals surface area contributed by atoms with E-state index in [0.29, 0.717) is 18.0 Å². The summed E-state index contributed by atoms with van der Waals surface area (Å²) in [7, 11) is -1.26. The molecule has 0 heterocycles. The standard InChI is InChI=1S/C12H20N2O2S/c1-3-14(2)8-9-17(15,16)12-6-4-11(10-13)5-7-12/h4-7H,3,8-10,13H2,1-2H3. The molecule has 17 heavy (non-hydrogen) atoms. The van der Waals surface area contributed by atoms with Crippen LogP contribution in [0.2, 0.25) is 0 Å². The van der Waals surface area contributed by atoms with Gasteiger partial charge in [-0.2, -0.15) is 0 Å². The van der Waals surface area contributed by atoms with E-state index >= 15 is 0 Å². The van der Waals surface area contributed by atoms with E-state index < -0.39 is 9.84 Å². The quantitative estimate of drug-likeness (QED) is 0.820. The molecule has 0 atom stereocenters. The van der Waals surface area contributed by atoms with Crippen LogP contribution in [0.5, 0.6) is 0 Å². The molecule has 0 aliphatic heterocycles. The normalized spacial score (nSPS) is 12.0. The van der Waals surface area contributed by atoms with E-state index in [1.807, 2.05) is 18.9 Å². The molecule has 0 bridgehead atoms. The minimum absolute atomic E-state index is 0.152. The molecule has 0 radical (unpaired) electrons. The van der Waals surface area contributed by atoms with Crippen LogP contribution in [0, 0.1) is 0 Å². The van der Waals surface area contributed by atoms with Crippen molar-refractivity contribution in [2.45, 2.75) is 18.4 Å². The maximum absolute atomic E-state index is 12.0. The van der Waals surface area contributed by atoms with Crippen molar-refractivity contribution in [1.29, 1.82) is 0 Å². The molecule has 2 N–H and O–H groups in total. The summed E-state index contributed by atoms with van der Waals surface area (Å²) in [6.45, 7) is 3.83. The molecule has 0 aromatic heterocycles. The first-order valence-corrected chi connectivity index (χ1v) is 7.35. The van der Waals surface area contributed by atoms with Gasteiger partial charge in [0.25, 0.3) is 0 Å². The minimum atomic E-state index is -3.17. The van der Waals surface area contributed by atoms with Crippen molar-refractivity contribution in [3.05, 3.63) is 29.8 Å². The lowest BCUT2D eigenvalue weighted by molar-refractivity contribution is 0.373. The van der Waals surface area contributed by atoms with Crippen molar-refractivity contribution in [2.75, 3.05) is 25.9 Å². The van der Waals surface area contributed by atoms with Crippen LogP contribution >= 0.6 is 0 Å². The summed E-state index contributed by atoms with van der Waals surface area (Å²) in [5.41, 5.74) is 6.41. The number of hydrogen-bond acceptors (Lipinski definition) is 4. The molecule has 0 aliphatic rings. The van der Waals surface area contributed by atoms with Crippen LogP contribution in [0.4, 0.5) is 0 Å². The molecule has 5 heteroatoms. The Morgan fingerprint density at radius 2 is 1.82 bits per heavy atom. The van der Waals surface area contributed by atoms with Crippen LogP contribution < -0.4 is 5.73 Å². The summed E-state index contributed by atoms with van der Waals surface area (Å²) in [5, 5.41) is 0. The summed E-state index contributed by atoms with van der Waals surface area (Å²) in [6.07, 6.45) is 0. The van der Waals surface area contributed by atoms with E-state index in [1.165, 1.54) is 0 Å². The van der Waals surface area contributed by atoms with E-state index in [0.717, 1.165) is 12.1 Å². The summed E-state index contributed by atoms with van der Waals surface area (Å²) in [6, 6.07) is 6.78. The molecule has 0 spiro atoms. The van der Waals surface area contributed by atoms with Gasteiger partial charge in [-0.05, 0) is 31.3 Å². The predicted octanol–water partition coefficient (Wildman–Crippen LogP) is 0.871. The van der Waals surface area contributed by atoms with E-state index in [1.54, 1.807) is 24.3 Å². The lowest BCUT2D eigenvalue weighted by atomic mass is 10.2. The third-order valence-corrected chi connectivity index (χ3v) is 4.51.